The van der Waals surface area contributed by atoms with E-state index in [4.69, 9.17) is 5.11 Å². The summed E-state index contributed by atoms with van der Waals surface area (Å²) in [7, 11) is 1.64. The summed E-state index contributed by atoms with van der Waals surface area (Å²) in [6.45, 7) is 2.30. The van der Waals surface area contributed by atoms with Crippen molar-refractivity contribution >= 4 is 11.9 Å². The van der Waals surface area contributed by atoms with Crippen LogP contribution in [0.25, 0.3) is 0 Å². The summed E-state index contributed by atoms with van der Waals surface area (Å²) < 4.78 is 0. The number of carboxylic acids is 1. The Morgan fingerprint density at radius 1 is 1.75 bits per heavy atom. The number of aliphatic carboxylic acids is 1. The number of hydrogen-bond donors (Lipinski definition) is 1. The average Bonchev–Trinajstić information content (AvgIpc) is 2.31. The van der Waals surface area contributed by atoms with Crippen LogP contribution in [0.5, 0.6) is 0 Å². The third-order valence-electron chi connectivity index (χ3n) is 2.64. The van der Waals surface area contributed by atoms with Crippen LogP contribution >= 0.6 is 0 Å². The highest BCUT2D eigenvalue weighted by Gasteiger charge is 2.50. The van der Waals surface area contributed by atoms with Gasteiger partial charge in [0.05, 0.1) is 0 Å². The van der Waals surface area contributed by atoms with Gasteiger partial charge in [0.2, 0.25) is 5.91 Å². The third-order valence-corrected chi connectivity index (χ3v) is 2.64. The molecule has 68 valence electrons. The number of nitrogens with zero attached hydrogens (tertiary/aromatic N) is 1. The molecule has 0 saturated carbocycles. The Morgan fingerprint density at radius 2 is 2.33 bits per heavy atom. The zero-order valence-electron chi connectivity index (χ0n) is 7.33. The molecule has 0 aliphatic carbocycles. The number of carboxylic acid groups (broad SMARTS) is 1. The summed E-state index contributed by atoms with van der Waals surface area (Å²) >= 11 is 0. The molecule has 1 heterocycles. The van der Waals surface area contributed by atoms with E-state index in [0.29, 0.717) is 19.4 Å². The van der Waals surface area contributed by atoms with Gasteiger partial charge in [0.15, 0.2) is 0 Å². The average molecular weight is 171 g/mol. The van der Waals surface area contributed by atoms with E-state index in [-0.39, 0.29) is 5.91 Å². The predicted octanol–water partition coefficient (Wildman–Crippen LogP) is 0.330. The number of hydrogen-bond acceptors (Lipinski definition) is 2. The Labute approximate surface area is 71.2 Å². The van der Waals surface area contributed by atoms with Crippen LogP contribution in [0.1, 0.15) is 19.8 Å². The SMILES string of the molecule is CCC1(C(=O)O)CCN(C)C1=O. The molecule has 0 aromatic heterocycles. The quantitative estimate of drug-likeness (QED) is 0.609. The Kier molecular flexibility index (Phi) is 2.08. The van der Waals surface area contributed by atoms with E-state index in [2.05, 4.69) is 0 Å². The molecule has 1 N–H and O–H groups in total. The zero-order chi connectivity index (χ0) is 9.35. The molecule has 4 nitrogen and oxygen atoms in total. The minimum absolute atomic E-state index is 0.252. The molecule has 12 heavy (non-hydrogen) atoms. The molecule has 1 unspecified atom stereocenters. The largest absolute Gasteiger partial charge is 0.480 e. The molecule has 1 aliphatic rings. The van der Waals surface area contributed by atoms with E-state index < -0.39 is 11.4 Å². The monoisotopic (exact) mass is 171 g/mol. The summed E-state index contributed by atoms with van der Waals surface area (Å²) in [5.41, 5.74) is -1.13. The van der Waals surface area contributed by atoms with Crippen molar-refractivity contribution in [3.8, 4) is 0 Å². The first-order valence-corrected chi connectivity index (χ1v) is 4.03. The summed E-state index contributed by atoms with van der Waals surface area (Å²) in [5, 5.41) is 8.90. The fourth-order valence-electron chi connectivity index (χ4n) is 1.61. The Hall–Kier alpha value is -1.06. The van der Waals surface area contributed by atoms with Crippen molar-refractivity contribution in [3.05, 3.63) is 0 Å². The minimum Gasteiger partial charge on any atom is -0.480 e. The van der Waals surface area contributed by atoms with Gasteiger partial charge in [-0.05, 0) is 12.8 Å². The molecule has 1 amide bonds. The molecule has 1 saturated heterocycles. The van der Waals surface area contributed by atoms with Crippen molar-refractivity contribution in [2.75, 3.05) is 13.6 Å². The summed E-state index contributed by atoms with van der Waals surface area (Å²) in [5.74, 6) is -1.24. The van der Waals surface area contributed by atoms with Gasteiger partial charge in [0, 0.05) is 13.6 Å². The Balaban J connectivity index is 2.96. The van der Waals surface area contributed by atoms with Crippen molar-refractivity contribution in [2.45, 2.75) is 19.8 Å². The smallest absolute Gasteiger partial charge is 0.319 e. The summed E-state index contributed by atoms with van der Waals surface area (Å²) in [6, 6.07) is 0. The van der Waals surface area contributed by atoms with Gasteiger partial charge in [-0.2, -0.15) is 0 Å². The van der Waals surface area contributed by atoms with Crippen LogP contribution in [0.4, 0.5) is 0 Å². The topological polar surface area (TPSA) is 57.6 Å². The van der Waals surface area contributed by atoms with Gasteiger partial charge in [0.25, 0.3) is 0 Å². The molecule has 4 heteroatoms. The molecular formula is C8H13NO3. The number of carbonyl (C=O) groups excluding carboxylic acids is 1. The maximum atomic E-state index is 11.4. The molecule has 1 rings (SSSR count). The molecule has 1 aliphatic heterocycles. The van der Waals surface area contributed by atoms with Crippen LogP contribution in [0, 0.1) is 5.41 Å². The Bertz CT molecular complexity index is 226. The van der Waals surface area contributed by atoms with Crippen molar-refractivity contribution < 1.29 is 14.7 Å². The van der Waals surface area contributed by atoms with Gasteiger partial charge in [-0.25, -0.2) is 0 Å². The van der Waals surface area contributed by atoms with Gasteiger partial charge < -0.3 is 10.0 Å². The lowest BCUT2D eigenvalue weighted by Crippen LogP contribution is -2.38. The molecule has 0 aromatic carbocycles. The second-order valence-corrected chi connectivity index (χ2v) is 3.22. The molecular weight excluding hydrogens is 158 g/mol. The van der Waals surface area contributed by atoms with E-state index in [0.717, 1.165) is 0 Å². The number of likely N-dealkylation sites (tertiary alicyclic amines) is 1. The standard InChI is InChI=1S/C8H13NO3/c1-3-8(7(11)12)4-5-9(2)6(8)10/h3-5H2,1-2H3,(H,11,12). The molecule has 0 bridgehead atoms. The third kappa shape index (κ3) is 0.983. The first-order valence-electron chi connectivity index (χ1n) is 4.03. The van der Waals surface area contributed by atoms with Crippen LogP contribution in [-0.2, 0) is 9.59 Å². The van der Waals surface area contributed by atoms with Crippen LogP contribution in [0.3, 0.4) is 0 Å². The lowest BCUT2D eigenvalue weighted by atomic mass is 9.84. The van der Waals surface area contributed by atoms with Crippen molar-refractivity contribution in [3.63, 3.8) is 0 Å². The lowest BCUT2D eigenvalue weighted by molar-refractivity contribution is -0.156. The fraction of sp³-hybridized carbons (Fsp3) is 0.750. The first-order chi connectivity index (χ1) is 5.54. The molecule has 0 radical (unpaired) electrons. The maximum Gasteiger partial charge on any atom is 0.319 e. The van der Waals surface area contributed by atoms with Gasteiger partial charge in [-0.3, -0.25) is 9.59 Å². The highest BCUT2D eigenvalue weighted by molar-refractivity contribution is 6.03. The van der Waals surface area contributed by atoms with Crippen molar-refractivity contribution in [1.29, 1.82) is 0 Å². The van der Waals surface area contributed by atoms with Crippen LogP contribution in [0.2, 0.25) is 0 Å². The summed E-state index contributed by atoms with van der Waals surface area (Å²) in [6.07, 6.45) is 0.819. The molecule has 0 spiro atoms. The predicted molar refractivity (Wildman–Crippen MR) is 42.6 cm³/mol. The minimum atomic E-state index is -1.13. The lowest BCUT2D eigenvalue weighted by Gasteiger charge is -2.19. The highest BCUT2D eigenvalue weighted by atomic mass is 16.4. The van der Waals surface area contributed by atoms with E-state index in [1.807, 2.05) is 0 Å². The highest BCUT2D eigenvalue weighted by Crippen LogP contribution is 2.34. The van der Waals surface area contributed by atoms with Crippen molar-refractivity contribution in [2.24, 2.45) is 5.41 Å². The molecule has 1 fully saturated rings. The fourth-order valence-corrected chi connectivity index (χ4v) is 1.61. The number of carbonyl (C=O) groups is 2. The number of rotatable bonds is 2. The Morgan fingerprint density at radius 3 is 2.50 bits per heavy atom. The van der Waals surface area contributed by atoms with Crippen LogP contribution in [-0.4, -0.2) is 35.5 Å². The van der Waals surface area contributed by atoms with Gasteiger partial charge >= 0.3 is 5.97 Å². The van der Waals surface area contributed by atoms with E-state index in [9.17, 15) is 9.59 Å². The molecule has 1 atom stereocenters. The maximum absolute atomic E-state index is 11.4. The second kappa shape index (κ2) is 2.77. The van der Waals surface area contributed by atoms with E-state index in [1.165, 1.54) is 4.90 Å². The van der Waals surface area contributed by atoms with Gasteiger partial charge in [0.1, 0.15) is 5.41 Å². The molecule has 0 aromatic rings. The van der Waals surface area contributed by atoms with E-state index >= 15 is 0 Å². The van der Waals surface area contributed by atoms with Crippen molar-refractivity contribution in [1.82, 2.24) is 4.90 Å². The summed E-state index contributed by atoms with van der Waals surface area (Å²) in [4.78, 5) is 23.8. The zero-order valence-corrected chi connectivity index (χ0v) is 7.33. The normalized spacial score (nSPS) is 29.5. The van der Waals surface area contributed by atoms with Gasteiger partial charge in [-0.15, -0.1) is 0 Å². The van der Waals surface area contributed by atoms with Gasteiger partial charge in [-0.1, -0.05) is 6.92 Å². The van der Waals surface area contributed by atoms with Crippen LogP contribution < -0.4 is 0 Å². The van der Waals surface area contributed by atoms with E-state index in [1.54, 1.807) is 14.0 Å². The first kappa shape index (κ1) is 9.03. The van der Waals surface area contributed by atoms with Crippen LogP contribution in [0.15, 0.2) is 0 Å². The number of amides is 1. The second-order valence-electron chi connectivity index (χ2n) is 3.22.